The normalized spacial score (nSPS) is 11.3. The highest BCUT2D eigenvalue weighted by atomic mass is 16.5. The highest BCUT2D eigenvalue weighted by Crippen LogP contribution is 2.19. The summed E-state index contributed by atoms with van der Waals surface area (Å²) in [5.41, 5.74) is 3.42. The molecule has 2 aromatic heterocycles. The van der Waals surface area contributed by atoms with Gasteiger partial charge in [0.1, 0.15) is 0 Å². The molecule has 0 saturated heterocycles. The fourth-order valence-electron chi connectivity index (χ4n) is 2.34. The molecule has 19 heavy (non-hydrogen) atoms. The van der Waals surface area contributed by atoms with Crippen LogP contribution >= 0.6 is 0 Å². The smallest absolute Gasteiger partial charge is 0.156 e. The van der Waals surface area contributed by atoms with E-state index in [1.165, 1.54) is 16.5 Å². The summed E-state index contributed by atoms with van der Waals surface area (Å²) in [6.45, 7) is 3.53. The lowest BCUT2D eigenvalue weighted by atomic mass is 10.1. The van der Waals surface area contributed by atoms with E-state index in [-0.39, 0.29) is 0 Å². The number of nitrogens with zero attached hydrogens (tertiary/aromatic N) is 2. The zero-order valence-electron chi connectivity index (χ0n) is 11.2. The van der Waals surface area contributed by atoms with Crippen LogP contribution in [0.2, 0.25) is 0 Å². The van der Waals surface area contributed by atoms with Crippen LogP contribution < -0.4 is 5.32 Å². The first kappa shape index (κ1) is 12.0. The van der Waals surface area contributed by atoms with Crippen molar-refractivity contribution in [3.05, 3.63) is 53.5 Å². The maximum absolute atomic E-state index is 5.28. The quantitative estimate of drug-likeness (QED) is 0.779. The third-order valence-electron chi connectivity index (χ3n) is 3.22. The van der Waals surface area contributed by atoms with Crippen LogP contribution in [-0.4, -0.2) is 16.8 Å². The first-order valence-corrected chi connectivity index (χ1v) is 6.41. The van der Waals surface area contributed by atoms with Crippen molar-refractivity contribution >= 4 is 10.9 Å². The van der Waals surface area contributed by atoms with Gasteiger partial charge in [-0.25, -0.2) is 0 Å². The van der Waals surface area contributed by atoms with E-state index < -0.39 is 0 Å². The largest absolute Gasteiger partial charge is 0.359 e. The van der Waals surface area contributed by atoms with Gasteiger partial charge in [-0.2, -0.15) is 0 Å². The second-order valence-electron chi connectivity index (χ2n) is 4.80. The third kappa shape index (κ3) is 2.39. The van der Waals surface area contributed by atoms with E-state index in [1.807, 2.05) is 20.0 Å². The molecule has 0 saturated carbocycles. The van der Waals surface area contributed by atoms with Crippen LogP contribution in [0.5, 0.6) is 0 Å². The lowest BCUT2D eigenvalue weighted by molar-refractivity contribution is 0.374. The predicted molar refractivity (Wildman–Crippen MR) is 75.0 cm³/mol. The van der Waals surface area contributed by atoms with Crippen molar-refractivity contribution in [2.45, 2.75) is 20.0 Å². The SMILES string of the molecule is CNCc1ccc2ccn(Cc3cc(C)no3)c2c1. The fraction of sp³-hybridized carbons (Fsp3) is 0.267. The molecular formula is C15H17N3O. The van der Waals surface area contributed by atoms with Gasteiger partial charge in [0.15, 0.2) is 5.76 Å². The van der Waals surface area contributed by atoms with Crippen molar-refractivity contribution in [3.63, 3.8) is 0 Å². The summed E-state index contributed by atoms with van der Waals surface area (Å²) in [6.07, 6.45) is 2.09. The maximum Gasteiger partial charge on any atom is 0.156 e. The fourth-order valence-corrected chi connectivity index (χ4v) is 2.34. The molecule has 3 rings (SSSR count). The first-order valence-electron chi connectivity index (χ1n) is 6.41. The number of aromatic nitrogens is 2. The maximum atomic E-state index is 5.28. The Hall–Kier alpha value is -2.07. The Labute approximate surface area is 112 Å². The van der Waals surface area contributed by atoms with E-state index in [2.05, 4.69) is 45.5 Å². The van der Waals surface area contributed by atoms with Gasteiger partial charge in [0.05, 0.1) is 12.2 Å². The first-order chi connectivity index (χ1) is 9.26. The Morgan fingerprint density at radius 3 is 2.89 bits per heavy atom. The van der Waals surface area contributed by atoms with E-state index in [4.69, 9.17) is 4.52 Å². The van der Waals surface area contributed by atoms with Crippen LogP contribution in [-0.2, 0) is 13.1 Å². The van der Waals surface area contributed by atoms with E-state index in [0.717, 1.165) is 18.0 Å². The Morgan fingerprint density at radius 1 is 1.26 bits per heavy atom. The van der Waals surface area contributed by atoms with Gasteiger partial charge in [0.25, 0.3) is 0 Å². The average molecular weight is 255 g/mol. The van der Waals surface area contributed by atoms with Crippen molar-refractivity contribution in [2.24, 2.45) is 0 Å². The van der Waals surface area contributed by atoms with Crippen molar-refractivity contribution in [2.75, 3.05) is 7.05 Å². The van der Waals surface area contributed by atoms with Crippen LogP contribution in [0.15, 0.2) is 41.1 Å². The highest BCUT2D eigenvalue weighted by Gasteiger charge is 2.06. The van der Waals surface area contributed by atoms with E-state index in [9.17, 15) is 0 Å². The molecule has 1 N–H and O–H groups in total. The topological polar surface area (TPSA) is 43.0 Å². The third-order valence-corrected chi connectivity index (χ3v) is 3.22. The molecule has 98 valence electrons. The summed E-state index contributed by atoms with van der Waals surface area (Å²) in [5.74, 6) is 0.883. The summed E-state index contributed by atoms with van der Waals surface area (Å²) in [5, 5.41) is 8.35. The summed E-state index contributed by atoms with van der Waals surface area (Å²) >= 11 is 0. The minimum Gasteiger partial charge on any atom is -0.359 e. The van der Waals surface area contributed by atoms with Crippen LogP contribution in [0.3, 0.4) is 0 Å². The number of hydrogen-bond donors (Lipinski definition) is 1. The van der Waals surface area contributed by atoms with Gasteiger partial charge in [-0.3, -0.25) is 0 Å². The molecule has 0 aliphatic rings. The summed E-state index contributed by atoms with van der Waals surface area (Å²) in [6, 6.07) is 10.6. The minimum atomic E-state index is 0.716. The van der Waals surface area contributed by atoms with Crippen LogP contribution in [0.4, 0.5) is 0 Å². The van der Waals surface area contributed by atoms with Crippen LogP contribution in [0.1, 0.15) is 17.0 Å². The Balaban J connectivity index is 1.96. The lowest BCUT2D eigenvalue weighted by Crippen LogP contribution is -2.05. The van der Waals surface area contributed by atoms with E-state index >= 15 is 0 Å². The van der Waals surface area contributed by atoms with E-state index in [1.54, 1.807) is 0 Å². The molecule has 0 aliphatic heterocycles. The van der Waals surface area contributed by atoms with Crippen molar-refractivity contribution < 1.29 is 4.52 Å². The number of aryl methyl sites for hydroxylation is 1. The minimum absolute atomic E-state index is 0.716. The molecule has 3 aromatic rings. The van der Waals surface area contributed by atoms with Crippen molar-refractivity contribution in [3.8, 4) is 0 Å². The molecule has 1 aromatic carbocycles. The lowest BCUT2D eigenvalue weighted by Gasteiger charge is -2.05. The van der Waals surface area contributed by atoms with Crippen molar-refractivity contribution in [1.82, 2.24) is 15.0 Å². The molecule has 0 amide bonds. The number of rotatable bonds is 4. The standard InChI is InChI=1S/C15H17N3O/c1-11-7-14(19-17-11)10-18-6-5-13-4-3-12(9-16-2)8-15(13)18/h3-8,16H,9-10H2,1-2H3. The van der Waals surface area contributed by atoms with Crippen LogP contribution in [0, 0.1) is 6.92 Å². The summed E-state index contributed by atoms with van der Waals surface area (Å²) in [4.78, 5) is 0. The molecule has 4 nitrogen and oxygen atoms in total. The molecule has 2 heterocycles. The summed E-state index contributed by atoms with van der Waals surface area (Å²) in [7, 11) is 1.96. The van der Waals surface area contributed by atoms with Gasteiger partial charge >= 0.3 is 0 Å². The molecule has 0 radical (unpaired) electrons. The zero-order valence-corrected chi connectivity index (χ0v) is 11.2. The predicted octanol–water partition coefficient (Wildman–Crippen LogP) is 2.71. The summed E-state index contributed by atoms with van der Waals surface area (Å²) < 4.78 is 7.47. The Kier molecular flexibility index (Phi) is 3.09. The average Bonchev–Trinajstić information content (AvgIpc) is 2.98. The Bertz CT molecular complexity index is 696. The molecular weight excluding hydrogens is 238 g/mol. The van der Waals surface area contributed by atoms with Gasteiger partial charge in [-0.1, -0.05) is 17.3 Å². The highest BCUT2D eigenvalue weighted by molar-refractivity contribution is 5.80. The number of hydrogen-bond acceptors (Lipinski definition) is 3. The second kappa shape index (κ2) is 4.90. The number of benzene rings is 1. The van der Waals surface area contributed by atoms with Gasteiger partial charge in [0, 0.05) is 24.3 Å². The van der Waals surface area contributed by atoms with E-state index in [0.29, 0.717) is 6.54 Å². The second-order valence-corrected chi connectivity index (χ2v) is 4.80. The van der Waals surface area contributed by atoms with Crippen molar-refractivity contribution in [1.29, 1.82) is 0 Å². The van der Waals surface area contributed by atoms with Gasteiger partial charge in [-0.05, 0) is 37.1 Å². The molecule has 0 fully saturated rings. The monoisotopic (exact) mass is 255 g/mol. The van der Waals surface area contributed by atoms with Gasteiger partial charge < -0.3 is 14.4 Å². The zero-order chi connectivity index (χ0) is 13.2. The number of nitrogens with one attached hydrogen (secondary N) is 1. The number of fused-ring (bicyclic) bond motifs is 1. The van der Waals surface area contributed by atoms with Crippen LogP contribution in [0.25, 0.3) is 10.9 Å². The molecule has 4 heteroatoms. The molecule has 0 atom stereocenters. The molecule has 0 aliphatic carbocycles. The molecule has 0 spiro atoms. The Morgan fingerprint density at radius 2 is 2.16 bits per heavy atom. The molecule has 0 bridgehead atoms. The molecule has 0 unspecified atom stereocenters. The van der Waals surface area contributed by atoms with Gasteiger partial charge in [0.2, 0.25) is 0 Å². The van der Waals surface area contributed by atoms with Gasteiger partial charge in [-0.15, -0.1) is 0 Å².